The van der Waals surface area contributed by atoms with E-state index < -0.39 is 0 Å². The number of hydrogen-bond acceptors (Lipinski definition) is 8. The fourth-order valence-electron chi connectivity index (χ4n) is 2.73. The van der Waals surface area contributed by atoms with Gasteiger partial charge in [0.1, 0.15) is 11.4 Å². The second kappa shape index (κ2) is 7.32. The van der Waals surface area contributed by atoms with Crippen LogP contribution in [0.1, 0.15) is 0 Å². The van der Waals surface area contributed by atoms with E-state index in [1.807, 2.05) is 0 Å². The molecule has 2 N–H and O–H groups in total. The highest BCUT2D eigenvalue weighted by molar-refractivity contribution is 5.70. The molecule has 0 amide bonds. The number of phenolic OH excluding ortho intramolecular Hbond substituents is 2. The lowest BCUT2D eigenvalue weighted by Crippen LogP contribution is -2.03. The Kier molecular flexibility index (Phi) is 4.93. The molecule has 3 rings (SSSR count). The fraction of sp³-hybridized carbons (Fsp3) is 0.222. The average Bonchev–Trinajstić information content (AvgIpc) is 3.16. The second-order valence-corrected chi connectivity index (χ2v) is 5.46. The summed E-state index contributed by atoms with van der Waals surface area (Å²) in [7, 11) is 5.85. The third-order valence-electron chi connectivity index (χ3n) is 4.01. The molecule has 1 aromatic heterocycles. The van der Waals surface area contributed by atoms with Gasteiger partial charge in [-0.1, -0.05) is 5.21 Å². The van der Waals surface area contributed by atoms with Crippen molar-refractivity contribution in [3.8, 4) is 51.4 Å². The zero-order chi connectivity index (χ0) is 19.6. The Morgan fingerprint density at radius 2 is 1.48 bits per heavy atom. The lowest BCUT2D eigenvalue weighted by atomic mass is 10.1. The van der Waals surface area contributed by atoms with Crippen LogP contribution in [0.4, 0.5) is 0 Å². The van der Waals surface area contributed by atoms with Crippen molar-refractivity contribution in [2.45, 2.75) is 0 Å². The van der Waals surface area contributed by atoms with Gasteiger partial charge in [0.05, 0.1) is 40.3 Å². The van der Waals surface area contributed by atoms with Crippen LogP contribution in [-0.4, -0.2) is 53.6 Å². The molecule has 0 spiro atoms. The van der Waals surface area contributed by atoms with E-state index in [1.54, 1.807) is 12.1 Å². The quantitative estimate of drug-likeness (QED) is 0.678. The van der Waals surface area contributed by atoms with Crippen molar-refractivity contribution >= 4 is 0 Å². The SMILES string of the molecule is COc1cc(OC)c(-n2nncc2-c2cc(O)c(OC)c(OC)c2)cc1O. The molecule has 1 heterocycles. The monoisotopic (exact) mass is 373 g/mol. The molecule has 0 aliphatic rings. The maximum atomic E-state index is 10.2. The summed E-state index contributed by atoms with van der Waals surface area (Å²) in [5, 5.41) is 28.4. The first-order valence-electron chi connectivity index (χ1n) is 7.85. The van der Waals surface area contributed by atoms with Crippen molar-refractivity contribution in [3.05, 3.63) is 30.5 Å². The van der Waals surface area contributed by atoms with Crippen LogP contribution in [0.15, 0.2) is 30.5 Å². The van der Waals surface area contributed by atoms with E-state index in [0.717, 1.165) is 0 Å². The summed E-state index contributed by atoms with van der Waals surface area (Å²) in [6, 6.07) is 6.19. The van der Waals surface area contributed by atoms with E-state index in [0.29, 0.717) is 28.4 Å². The molecule has 0 atom stereocenters. The zero-order valence-corrected chi connectivity index (χ0v) is 15.3. The summed E-state index contributed by atoms with van der Waals surface area (Å²) < 4.78 is 22.4. The second-order valence-electron chi connectivity index (χ2n) is 5.46. The van der Waals surface area contributed by atoms with Crippen LogP contribution in [0, 0.1) is 0 Å². The minimum Gasteiger partial charge on any atom is -0.504 e. The third kappa shape index (κ3) is 3.14. The van der Waals surface area contributed by atoms with E-state index in [9.17, 15) is 10.2 Å². The van der Waals surface area contributed by atoms with Crippen LogP contribution >= 0.6 is 0 Å². The van der Waals surface area contributed by atoms with Crippen molar-refractivity contribution in [3.63, 3.8) is 0 Å². The number of nitrogens with zero attached hydrogens (tertiary/aromatic N) is 3. The molecule has 3 aromatic rings. The Morgan fingerprint density at radius 3 is 2.11 bits per heavy atom. The van der Waals surface area contributed by atoms with Gasteiger partial charge in [-0.2, -0.15) is 0 Å². The van der Waals surface area contributed by atoms with Gasteiger partial charge in [0, 0.05) is 17.7 Å². The first kappa shape index (κ1) is 18.2. The molecule has 0 aliphatic carbocycles. The van der Waals surface area contributed by atoms with Crippen molar-refractivity contribution in [2.75, 3.05) is 28.4 Å². The van der Waals surface area contributed by atoms with Gasteiger partial charge >= 0.3 is 0 Å². The number of rotatable bonds is 6. The van der Waals surface area contributed by atoms with Gasteiger partial charge in [-0.3, -0.25) is 0 Å². The van der Waals surface area contributed by atoms with Gasteiger partial charge < -0.3 is 29.2 Å². The van der Waals surface area contributed by atoms with Crippen LogP contribution in [0.25, 0.3) is 16.9 Å². The molecule has 0 saturated carbocycles. The maximum Gasteiger partial charge on any atom is 0.203 e. The molecule has 0 saturated heterocycles. The summed E-state index contributed by atoms with van der Waals surface area (Å²) in [4.78, 5) is 0. The molecule has 0 bridgehead atoms. The van der Waals surface area contributed by atoms with Gasteiger partial charge in [-0.15, -0.1) is 5.10 Å². The molecule has 0 aliphatic heterocycles. The Balaban J connectivity index is 2.19. The normalized spacial score (nSPS) is 10.5. The predicted molar refractivity (Wildman–Crippen MR) is 96.3 cm³/mol. The molecular formula is C18H19N3O6. The number of ether oxygens (including phenoxy) is 4. The Labute approximate surface area is 155 Å². The number of hydrogen-bond donors (Lipinski definition) is 2. The molecule has 0 radical (unpaired) electrons. The number of methoxy groups -OCH3 is 4. The van der Waals surface area contributed by atoms with Crippen molar-refractivity contribution in [2.24, 2.45) is 0 Å². The highest BCUT2D eigenvalue weighted by atomic mass is 16.5. The van der Waals surface area contributed by atoms with Crippen LogP contribution in [0.3, 0.4) is 0 Å². The highest BCUT2D eigenvalue weighted by Crippen LogP contribution is 2.42. The summed E-state index contributed by atoms with van der Waals surface area (Å²) in [6.07, 6.45) is 1.52. The van der Waals surface area contributed by atoms with E-state index in [2.05, 4.69) is 10.3 Å². The third-order valence-corrected chi connectivity index (χ3v) is 4.01. The van der Waals surface area contributed by atoms with Gasteiger partial charge in [-0.05, 0) is 12.1 Å². The van der Waals surface area contributed by atoms with E-state index in [1.165, 1.54) is 51.5 Å². The standard InChI is InChI=1S/C18H19N3O6/c1-24-15-8-16(25-2)13(22)7-11(15)21-12(9-19-20-21)10-5-14(23)18(27-4)17(6-10)26-3/h5-9,22-23H,1-4H3. The summed E-state index contributed by atoms with van der Waals surface area (Å²) >= 11 is 0. The van der Waals surface area contributed by atoms with Crippen LogP contribution < -0.4 is 18.9 Å². The number of aromatic nitrogens is 3. The molecule has 2 aromatic carbocycles. The molecule has 9 heteroatoms. The molecule has 27 heavy (non-hydrogen) atoms. The van der Waals surface area contributed by atoms with Gasteiger partial charge in [-0.25, -0.2) is 4.68 Å². The van der Waals surface area contributed by atoms with Crippen molar-refractivity contribution in [1.29, 1.82) is 0 Å². The Bertz CT molecular complexity index is 970. The van der Waals surface area contributed by atoms with Crippen molar-refractivity contribution < 1.29 is 29.2 Å². The topological polar surface area (TPSA) is 108 Å². The molecule has 9 nitrogen and oxygen atoms in total. The minimum atomic E-state index is -0.0934. The first-order valence-corrected chi connectivity index (χ1v) is 7.85. The Morgan fingerprint density at radius 1 is 0.778 bits per heavy atom. The summed E-state index contributed by atoms with van der Waals surface area (Å²) in [5.74, 6) is 1.08. The van der Waals surface area contributed by atoms with Gasteiger partial charge in [0.25, 0.3) is 0 Å². The molecule has 142 valence electrons. The lowest BCUT2D eigenvalue weighted by Gasteiger charge is -2.15. The smallest absolute Gasteiger partial charge is 0.203 e. The molecule has 0 unspecified atom stereocenters. The van der Waals surface area contributed by atoms with E-state index in [4.69, 9.17) is 18.9 Å². The van der Waals surface area contributed by atoms with Crippen LogP contribution in [0.2, 0.25) is 0 Å². The van der Waals surface area contributed by atoms with E-state index >= 15 is 0 Å². The van der Waals surface area contributed by atoms with Gasteiger partial charge in [0.2, 0.25) is 5.75 Å². The largest absolute Gasteiger partial charge is 0.504 e. The molecule has 0 fully saturated rings. The Hall–Kier alpha value is -3.62. The average molecular weight is 373 g/mol. The summed E-state index contributed by atoms with van der Waals surface area (Å²) in [6.45, 7) is 0. The summed E-state index contributed by atoms with van der Waals surface area (Å²) in [5.41, 5.74) is 1.55. The first-order chi connectivity index (χ1) is 13.0. The van der Waals surface area contributed by atoms with Crippen molar-refractivity contribution in [1.82, 2.24) is 15.0 Å². The maximum absolute atomic E-state index is 10.2. The number of aromatic hydroxyl groups is 2. The zero-order valence-electron chi connectivity index (χ0n) is 15.3. The van der Waals surface area contributed by atoms with Crippen LogP contribution in [0.5, 0.6) is 34.5 Å². The number of phenols is 2. The molecular weight excluding hydrogens is 354 g/mol. The predicted octanol–water partition coefficient (Wildman–Crippen LogP) is 2.38. The lowest BCUT2D eigenvalue weighted by molar-refractivity contribution is 0.333. The fourth-order valence-corrected chi connectivity index (χ4v) is 2.73. The number of benzene rings is 2. The van der Waals surface area contributed by atoms with E-state index in [-0.39, 0.29) is 23.0 Å². The van der Waals surface area contributed by atoms with Crippen LogP contribution in [-0.2, 0) is 0 Å². The highest BCUT2D eigenvalue weighted by Gasteiger charge is 2.19. The minimum absolute atomic E-state index is 0.0788. The van der Waals surface area contributed by atoms with Gasteiger partial charge in [0.15, 0.2) is 23.0 Å².